The van der Waals surface area contributed by atoms with Crippen molar-refractivity contribution in [3.63, 3.8) is 0 Å². The van der Waals surface area contributed by atoms with Crippen molar-refractivity contribution in [1.29, 1.82) is 0 Å². The van der Waals surface area contributed by atoms with Crippen molar-refractivity contribution in [3.05, 3.63) is 29.5 Å². The van der Waals surface area contributed by atoms with E-state index in [1.165, 1.54) is 6.26 Å². The topological polar surface area (TPSA) is 75.4 Å². The molecule has 0 aromatic carbocycles. The summed E-state index contributed by atoms with van der Waals surface area (Å²) in [5, 5.41) is 14.1. The second-order valence-electron chi connectivity index (χ2n) is 6.30. The van der Waals surface area contributed by atoms with Crippen molar-refractivity contribution in [3.8, 4) is 10.8 Å². The van der Waals surface area contributed by atoms with E-state index in [0.29, 0.717) is 18.0 Å². The van der Waals surface area contributed by atoms with E-state index < -0.39 is 0 Å². The summed E-state index contributed by atoms with van der Waals surface area (Å²) in [6.07, 6.45) is 2.23. The van der Waals surface area contributed by atoms with Crippen LogP contribution in [0.15, 0.2) is 28.2 Å². The van der Waals surface area contributed by atoms with Crippen LogP contribution in [0.3, 0.4) is 0 Å². The number of hydrogen-bond donors (Lipinski definition) is 2. The number of rotatable bonds is 6. The predicted octanol–water partition coefficient (Wildman–Crippen LogP) is 2.86. The van der Waals surface area contributed by atoms with E-state index in [0.717, 1.165) is 4.88 Å². The minimum absolute atomic E-state index is 0.0503. The molecule has 1 atom stereocenters. The van der Waals surface area contributed by atoms with Crippen molar-refractivity contribution in [2.24, 2.45) is 5.41 Å². The first-order chi connectivity index (χ1) is 10.4. The van der Waals surface area contributed by atoms with E-state index in [-0.39, 0.29) is 30.4 Å². The summed E-state index contributed by atoms with van der Waals surface area (Å²) in [5.41, 5.74) is 0.502. The Balaban J connectivity index is 1.97. The number of carbonyl (C=O) groups excluding carboxylic acids is 1. The van der Waals surface area contributed by atoms with Gasteiger partial charge in [0.15, 0.2) is 0 Å². The highest BCUT2D eigenvalue weighted by Gasteiger charge is 2.26. The van der Waals surface area contributed by atoms with E-state index in [1.54, 1.807) is 11.3 Å². The van der Waals surface area contributed by atoms with Gasteiger partial charge in [0.05, 0.1) is 17.0 Å². The molecule has 0 bridgehead atoms. The molecule has 2 aromatic rings. The highest BCUT2D eigenvalue weighted by Crippen LogP contribution is 2.24. The summed E-state index contributed by atoms with van der Waals surface area (Å²) in [6, 6.07) is 3.78. The molecule has 0 aliphatic rings. The van der Waals surface area contributed by atoms with Gasteiger partial charge in [0.1, 0.15) is 6.26 Å². The Morgan fingerprint density at radius 2 is 2.27 bits per heavy atom. The molecule has 2 aromatic heterocycles. The third-order valence-electron chi connectivity index (χ3n) is 3.42. The molecule has 2 N–H and O–H groups in total. The Morgan fingerprint density at radius 3 is 2.86 bits per heavy atom. The van der Waals surface area contributed by atoms with Crippen molar-refractivity contribution >= 4 is 17.2 Å². The number of hydrogen-bond acceptors (Lipinski definition) is 5. The average molecular weight is 322 g/mol. The number of carbonyl (C=O) groups is 1. The number of oxazole rings is 1. The van der Waals surface area contributed by atoms with E-state index >= 15 is 0 Å². The first-order valence-electron chi connectivity index (χ1n) is 7.28. The zero-order valence-corrected chi connectivity index (χ0v) is 13.9. The molecular formula is C16H22N2O3S. The molecule has 2 rings (SSSR count). The lowest BCUT2D eigenvalue weighted by molar-refractivity contribution is -0.122. The Bertz CT molecular complexity index is 599. The number of nitrogens with one attached hydrogen (secondary N) is 1. The summed E-state index contributed by atoms with van der Waals surface area (Å²) in [7, 11) is 0. The molecule has 5 nitrogen and oxygen atoms in total. The first-order valence-corrected chi connectivity index (χ1v) is 8.16. The van der Waals surface area contributed by atoms with Crippen molar-refractivity contribution in [2.45, 2.75) is 39.7 Å². The summed E-state index contributed by atoms with van der Waals surface area (Å²) >= 11 is 1.54. The number of nitrogens with zero attached hydrogens (tertiary/aromatic N) is 1. The maximum atomic E-state index is 12.2. The second-order valence-corrected chi connectivity index (χ2v) is 7.24. The molecule has 0 saturated heterocycles. The Hall–Kier alpha value is -1.66. The van der Waals surface area contributed by atoms with Gasteiger partial charge in [-0.25, -0.2) is 4.98 Å². The summed E-state index contributed by atoms with van der Waals surface area (Å²) in [6.45, 7) is 6.17. The molecule has 0 aliphatic heterocycles. The van der Waals surface area contributed by atoms with Crippen molar-refractivity contribution in [2.75, 3.05) is 6.61 Å². The number of aliphatic hydroxyl groups is 1. The molecule has 0 aliphatic carbocycles. The lowest BCUT2D eigenvalue weighted by atomic mass is 9.85. The fourth-order valence-electron chi connectivity index (χ4n) is 2.16. The van der Waals surface area contributed by atoms with Crippen molar-refractivity contribution < 1.29 is 14.3 Å². The van der Waals surface area contributed by atoms with Crippen LogP contribution >= 0.6 is 11.3 Å². The molecule has 6 heteroatoms. The minimum atomic E-state index is -0.112. The molecular weight excluding hydrogens is 300 g/mol. The lowest BCUT2D eigenvalue weighted by Crippen LogP contribution is -2.44. The molecule has 0 radical (unpaired) electrons. The van der Waals surface area contributed by atoms with E-state index in [1.807, 2.05) is 38.3 Å². The monoisotopic (exact) mass is 322 g/mol. The third-order valence-corrected chi connectivity index (χ3v) is 4.28. The van der Waals surface area contributed by atoms with Gasteiger partial charge < -0.3 is 14.8 Å². The SMILES string of the molecule is CC(C)(C)C(CCO)NC(=O)Cc1coc(-c2cccs2)n1. The molecule has 0 spiro atoms. The summed E-state index contributed by atoms with van der Waals surface area (Å²) < 4.78 is 5.41. The fourth-order valence-corrected chi connectivity index (χ4v) is 2.82. The zero-order chi connectivity index (χ0) is 16.2. The van der Waals surface area contributed by atoms with Gasteiger partial charge in [-0.2, -0.15) is 0 Å². The molecule has 22 heavy (non-hydrogen) atoms. The number of thiophene rings is 1. The van der Waals surface area contributed by atoms with Gasteiger partial charge in [-0.05, 0) is 23.3 Å². The molecule has 0 fully saturated rings. The van der Waals surface area contributed by atoms with Crippen LogP contribution < -0.4 is 5.32 Å². The lowest BCUT2D eigenvalue weighted by Gasteiger charge is -2.31. The largest absolute Gasteiger partial charge is 0.444 e. The van der Waals surface area contributed by atoms with Crippen LogP contribution in [0.25, 0.3) is 10.8 Å². The van der Waals surface area contributed by atoms with E-state index in [9.17, 15) is 4.79 Å². The van der Waals surface area contributed by atoms with Gasteiger partial charge in [0, 0.05) is 12.6 Å². The number of aromatic nitrogens is 1. The smallest absolute Gasteiger partial charge is 0.236 e. The highest BCUT2D eigenvalue weighted by molar-refractivity contribution is 7.13. The quantitative estimate of drug-likeness (QED) is 0.857. The van der Waals surface area contributed by atoms with Crippen LogP contribution in [-0.4, -0.2) is 28.6 Å². The van der Waals surface area contributed by atoms with Gasteiger partial charge in [0.2, 0.25) is 11.8 Å². The van der Waals surface area contributed by atoms with Crippen LogP contribution in [0.2, 0.25) is 0 Å². The predicted molar refractivity (Wildman–Crippen MR) is 86.6 cm³/mol. The number of amides is 1. The van der Waals surface area contributed by atoms with Crippen LogP contribution in [0.1, 0.15) is 32.9 Å². The fraction of sp³-hybridized carbons (Fsp3) is 0.500. The average Bonchev–Trinajstić information content (AvgIpc) is 3.07. The Kier molecular flexibility index (Phi) is 5.37. The highest BCUT2D eigenvalue weighted by atomic mass is 32.1. The molecule has 1 unspecified atom stereocenters. The van der Waals surface area contributed by atoms with Gasteiger partial charge in [0.25, 0.3) is 0 Å². The van der Waals surface area contributed by atoms with Gasteiger partial charge in [-0.3, -0.25) is 4.79 Å². The summed E-state index contributed by atoms with van der Waals surface area (Å²) in [4.78, 5) is 17.5. The minimum Gasteiger partial charge on any atom is -0.444 e. The number of aliphatic hydroxyl groups excluding tert-OH is 1. The molecule has 0 saturated carbocycles. The van der Waals surface area contributed by atoms with E-state index in [2.05, 4.69) is 10.3 Å². The molecule has 1 amide bonds. The molecule has 120 valence electrons. The van der Waals surface area contributed by atoms with E-state index in [4.69, 9.17) is 9.52 Å². The summed E-state index contributed by atoms with van der Waals surface area (Å²) in [5.74, 6) is 0.430. The van der Waals surface area contributed by atoms with Crippen LogP contribution in [0, 0.1) is 5.41 Å². The van der Waals surface area contributed by atoms with Gasteiger partial charge >= 0.3 is 0 Å². The van der Waals surface area contributed by atoms with Crippen LogP contribution in [0.5, 0.6) is 0 Å². The van der Waals surface area contributed by atoms with Crippen LogP contribution in [0.4, 0.5) is 0 Å². The second kappa shape index (κ2) is 7.07. The zero-order valence-electron chi connectivity index (χ0n) is 13.1. The van der Waals surface area contributed by atoms with Crippen molar-refractivity contribution in [1.82, 2.24) is 10.3 Å². The molecule has 2 heterocycles. The van der Waals surface area contributed by atoms with Gasteiger partial charge in [-0.15, -0.1) is 11.3 Å². The maximum Gasteiger partial charge on any atom is 0.236 e. The van der Waals surface area contributed by atoms with Gasteiger partial charge in [-0.1, -0.05) is 26.8 Å². The first kappa shape index (κ1) is 16.7. The standard InChI is InChI=1S/C16H22N2O3S/c1-16(2,3)13(6-7-19)18-14(20)9-11-10-21-15(17-11)12-5-4-8-22-12/h4-5,8,10,13,19H,6-7,9H2,1-3H3,(H,18,20). The Morgan fingerprint density at radius 1 is 1.50 bits per heavy atom. The third kappa shape index (κ3) is 4.42. The normalized spacial score (nSPS) is 13.1. The Labute approximate surface area is 134 Å². The maximum absolute atomic E-state index is 12.2. The van der Waals surface area contributed by atoms with Crippen LogP contribution in [-0.2, 0) is 11.2 Å².